The van der Waals surface area contributed by atoms with Crippen LogP contribution in [0.1, 0.15) is 47.0 Å². The third-order valence-electron chi connectivity index (χ3n) is 3.16. The SMILES string of the molecule is C[C@H]1C[C@H]([C@H](C)N)CC(C)(C)C1. The molecule has 0 heterocycles. The highest BCUT2D eigenvalue weighted by atomic mass is 14.6. The van der Waals surface area contributed by atoms with Crippen molar-refractivity contribution >= 4 is 0 Å². The van der Waals surface area contributed by atoms with Crippen molar-refractivity contribution in [3.63, 3.8) is 0 Å². The van der Waals surface area contributed by atoms with Crippen molar-refractivity contribution in [2.75, 3.05) is 0 Å². The molecule has 1 heteroatoms. The summed E-state index contributed by atoms with van der Waals surface area (Å²) in [5.41, 5.74) is 6.47. The average Bonchev–Trinajstić information content (AvgIpc) is 1.82. The molecular formula is C11H23N. The van der Waals surface area contributed by atoms with E-state index < -0.39 is 0 Å². The maximum absolute atomic E-state index is 5.95. The molecule has 0 unspecified atom stereocenters. The first-order chi connectivity index (χ1) is 5.41. The Hall–Kier alpha value is -0.0400. The van der Waals surface area contributed by atoms with Crippen LogP contribution in [-0.4, -0.2) is 6.04 Å². The van der Waals surface area contributed by atoms with Crippen molar-refractivity contribution < 1.29 is 0 Å². The first-order valence-electron chi connectivity index (χ1n) is 5.16. The molecule has 0 aromatic carbocycles. The van der Waals surface area contributed by atoms with Gasteiger partial charge in [-0.15, -0.1) is 0 Å². The van der Waals surface area contributed by atoms with Crippen LogP contribution in [0.3, 0.4) is 0 Å². The second-order valence-corrected chi connectivity index (χ2v) is 5.53. The Balaban J connectivity index is 2.58. The highest BCUT2D eigenvalue weighted by Gasteiger charge is 2.33. The fourth-order valence-electron chi connectivity index (χ4n) is 2.82. The second-order valence-electron chi connectivity index (χ2n) is 5.53. The van der Waals surface area contributed by atoms with Crippen molar-refractivity contribution in [2.45, 2.75) is 53.0 Å². The van der Waals surface area contributed by atoms with Crippen molar-refractivity contribution in [1.82, 2.24) is 0 Å². The maximum Gasteiger partial charge on any atom is 0.00390 e. The molecule has 0 radical (unpaired) electrons. The Bertz CT molecular complexity index is 149. The van der Waals surface area contributed by atoms with Gasteiger partial charge in [-0.2, -0.15) is 0 Å². The van der Waals surface area contributed by atoms with Crippen LogP contribution in [0.15, 0.2) is 0 Å². The molecule has 0 aromatic rings. The standard InChI is InChI=1S/C11H23N/c1-8-5-10(9(2)12)7-11(3,4)6-8/h8-10H,5-7,12H2,1-4H3/t8-,9-,10-/m0/s1. The van der Waals surface area contributed by atoms with Gasteiger partial charge in [0.05, 0.1) is 0 Å². The first kappa shape index (κ1) is 10.0. The Morgan fingerprint density at radius 1 is 1.33 bits per heavy atom. The summed E-state index contributed by atoms with van der Waals surface area (Å²) in [4.78, 5) is 0. The van der Waals surface area contributed by atoms with Crippen molar-refractivity contribution in [2.24, 2.45) is 23.0 Å². The summed E-state index contributed by atoms with van der Waals surface area (Å²) in [6, 6.07) is 0.382. The zero-order valence-corrected chi connectivity index (χ0v) is 8.93. The van der Waals surface area contributed by atoms with Gasteiger partial charge in [0.15, 0.2) is 0 Å². The molecule has 1 saturated carbocycles. The molecule has 1 nitrogen and oxygen atoms in total. The molecule has 1 rings (SSSR count). The molecule has 1 aliphatic rings. The smallest absolute Gasteiger partial charge is 0.00390 e. The summed E-state index contributed by atoms with van der Waals surface area (Å²) in [6.07, 6.45) is 4.02. The molecule has 0 aliphatic heterocycles. The van der Waals surface area contributed by atoms with Crippen LogP contribution in [0, 0.1) is 17.3 Å². The average molecular weight is 169 g/mol. The summed E-state index contributed by atoms with van der Waals surface area (Å²) in [7, 11) is 0. The summed E-state index contributed by atoms with van der Waals surface area (Å²) < 4.78 is 0. The van der Waals surface area contributed by atoms with E-state index in [1.165, 1.54) is 19.3 Å². The van der Waals surface area contributed by atoms with Crippen molar-refractivity contribution in [1.29, 1.82) is 0 Å². The fraction of sp³-hybridized carbons (Fsp3) is 1.00. The number of nitrogens with two attached hydrogens (primary N) is 1. The largest absolute Gasteiger partial charge is 0.328 e. The van der Waals surface area contributed by atoms with Gasteiger partial charge in [-0.05, 0) is 43.4 Å². The summed E-state index contributed by atoms with van der Waals surface area (Å²) >= 11 is 0. The number of rotatable bonds is 1. The lowest BCUT2D eigenvalue weighted by Crippen LogP contribution is -2.36. The van der Waals surface area contributed by atoms with E-state index in [4.69, 9.17) is 5.73 Å². The van der Waals surface area contributed by atoms with Gasteiger partial charge in [0.25, 0.3) is 0 Å². The van der Waals surface area contributed by atoms with Crippen LogP contribution >= 0.6 is 0 Å². The molecule has 1 aliphatic carbocycles. The van der Waals surface area contributed by atoms with Gasteiger partial charge < -0.3 is 5.73 Å². The van der Waals surface area contributed by atoms with Gasteiger partial charge in [-0.25, -0.2) is 0 Å². The van der Waals surface area contributed by atoms with Gasteiger partial charge >= 0.3 is 0 Å². The summed E-state index contributed by atoms with van der Waals surface area (Å²) in [6.45, 7) is 9.26. The highest BCUT2D eigenvalue weighted by molar-refractivity contribution is 4.85. The summed E-state index contributed by atoms with van der Waals surface area (Å²) in [5.74, 6) is 1.62. The molecule has 0 spiro atoms. The van der Waals surface area contributed by atoms with Crippen LogP contribution in [-0.2, 0) is 0 Å². The molecule has 0 amide bonds. The van der Waals surface area contributed by atoms with Crippen LogP contribution < -0.4 is 5.73 Å². The second kappa shape index (κ2) is 3.37. The van der Waals surface area contributed by atoms with Gasteiger partial charge in [0, 0.05) is 6.04 Å². The van der Waals surface area contributed by atoms with E-state index in [1.54, 1.807) is 0 Å². The fourth-order valence-corrected chi connectivity index (χ4v) is 2.82. The molecular weight excluding hydrogens is 146 g/mol. The van der Waals surface area contributed by atoms with Crippen molar-refractivity contribution in [3.8, 4) is 0 Å². The van der Waals surface area contributed by atoms with Gasteiger partial charge in [-0.1, -0.05) is 20.8 Å². The van der Waals surface area contributed by atoms with E-state index in [2.05, 4.69) is 27.7 Å². The Morgan fingerprint density at radius 3 is 2.33 bits per heavy atom. The predicted octanol–water partition coefficient (Wildman–Crippen LogP) is 2.80. The molecule has 3 atom stereocenters. The van der Waals surface area contributed by atoms with E-state index in [0.717, 1.165) is 11.8 Å². The van der Waals surface area contributed by atoms with E-state index in [9.17, 15) is 0 Å². The molecule has 1 fully saturated rings. The topological polar surface area (TPSA) is 26.0 Å². The lowest BCUT2D eigenvalue weighted by atomic mass is 9.66. The van der Waals surface area contributed by atoms with Gasteiger partial charge in [-0.3, -0.25) is 0 Å². The molecule has 72 valence electrons. The number of hydrogen-bond acceptors (Lipinski definition) is 1. The minimum absolute atomic E-state index is 0.382. The normalized spacial score (nSPS) is 37.8. The lowest BCUT2D eigenvalue weighted by molar-refractivity contribution is 0.120. The minimum Gasteiger partial charge on any atom is -0.328 e. The third-order valence-corrected chi connectivity index (χ3v) is 3.16. The molecule has 12 heavy (non-hydrogen) atoms. The zero-order valence-electron chi connectivity index (χ0n) is 8.93. The lowest BCUT2D eigenvalue weighted by Gasteiger charge is -2.40. The van der Waals surface area contributed by atoms with E-state index >= 15 is 0 Å². The Labute approximate surface area is 76.7 Å². The van der Waals surface area contributed by atoms with Crippen LogP contribution in [0.2, 0.25) is 0 Å². The maximum atomic E-state index is 5.95. The summed E-state index contributed by atoms with van der Waals surface area (Å²) in [5, 5.41) is 0. The molecule has 0 saturated heterocycles. The monoisotopic (exact) mass is 169 g/mol. The molecule has 2 N–H and O–H groups in total. The number of hydrogen-bond donors (Lipinski definition) is 1. The minimum atomic E-state index is 0.382. The highest BCUT2D eigenvalue weighted by Crippen LogP contribution is 2.42. The first-order valence-corrected chi connectivity index (χ1v) is 5.16. The third kappa shape index (κ3) is 2.48. The van der Waals surface area contributed by atoms with Crippen molar-refractivity contribution in [3.05, 3.63) is 0 Å². The Morgan fingerprint density at radius 2 is 1.92 bits per heavy atom. The van der Waals surface area contributed by atoms with E-state index in [-0.39, 0.29) is 0 Å². The van der Waals surface area contributed by atoms with Gasteiger partial charge in [0.1, 0.15) is 0 Å². The predicted molar refractivity (Wildman–Crippen MR) is 53.9 cm³/mol. The molecule has 0 aromatic heterocycles. The van der Waals surface area contributed by atoms with E-state index in [0.29, 0.717) is 11.5 Å². The van der Waals surface area contributed by atoms with Crippen LogP contribution in [0.25, 0.3) is 0 Å². The van der Waals surface area contributed by atoms with Crippen LogP contribution in [0.5, 0.6) is 0 Å². The van der Waals surface area contributed by atoms with Gasteiger partial charge in [0.2, 0.25) is 0 Å². The molecule has 0 bridgehead atoms. The zero-order chi connectivity index (χ0) is 9.35. The van der Waals surface area contributed by atoms with Crippen LogP contribution in [0.4, 0.5) is 0 Å². The van der Waals surface area contributed by atoms with E-state index in [1.807, 2.05) is 0 Å². The Kier molecular flexibility index (Phi) is 2.82. The quantitative estimate of drug-likeness (QED) is 0.642.